The number of hydrogen-bond donors (Lipinski definition) is 1. The van der Waals surface area contributed by atoms with Crippen LogP contribution in [0.4, 0.5) is 4.39 Å². The van der Waals surface area contributed by atoms with E-state index in [1.807, 2.05) is 0 Å². The Morgan fingerprint density at radius 2 is 2.09 bits per heavy atom. The van der Waals surface area contributed by atoms with Crippen LogP contribution in [0.5, 0.6) is 0 Å². The minimum absolute atomic E-state index is 0.533. The fourth-order valence-electron chi connectivity index (χ4n) is 1.42. The molecule has 1 aliphatic rings. The fourth-order valence-corrected chi connectivity index (χ4v) is 1.42. The number of hydrogen-bond acceptors (Lipinski definition) is 1. The number of halogens is 1. The molecule has 1 aliphatic heterocycles. The maximum atomic E-state index is 13.6. The molecular formula is C9H14FN. The lowest BCUT2D eigenvalue weighted by molar-refractivity contribution is 0.107. The molecule has 0 aromatic heterocycles. The lowest BCUT2D eigenvalue weighted by Crippen LogP contribution is -2.38. The summed E-state index contributed by atoms with van der Waals surface area (Å²) >= 11 is 0. The first-order chi connectivity index (χ1) is 5.27. The molecule has 1 rings (SSSR count). The molecule has 0 radical (unpaired) electrons. The van der Waals surface area contributed by atoms with Crippen molar-refractivity contribution in [3.8, 4) is 12.3 Å². The zero-order chi connectivity index (χ0) is 8.16. The molecule has 1 heterocycles. The van der Waals surface area contributed by atoms with Gasteiger partial charge in [-0.3, -0.25) is 0 Å². The predicted octanol–water partition coefficient (Wildman–Crippen LogP) is 1.49. The van der Waals surface area contributed by atoms with E-state index in [0.717, 1.165) is 13.1 Å². The Morgan fingerprint density at radius 1 is 1.45 bits per heavy atom. The normalized spacial score (nSPS) is 22.5. The second kappa shape index (κ2) is 3.73. The Balaban J connectivity index is 2.32. The summed E-state index contributed by atoms with van der Waals surface area (Å²) in [6.07, 6.45) is 7.41. The molecule has 0 spiro atoms. The van der Waals surface area contributed by atoms with Crippen molar-refractivity contribution < 1.29 is 4.39 Å². The highest BCUT2D eigenvalue weighted by molar-refractivity contribution is 4.91. The third-order valence-electron chi connectivity index (χ3n) is 2.22. The molecule has 0 unspecified atom stereocenters. The van der Waals surface area contributed by atoms with Crippen LogP contribution in [-0.2, 0) is 0 Å². The minimum Gasteiger partial charge on any atom is -0.316 e. The molecule has 1 nitrogen and oxygen atoms in total. The van der Waals surface area contributed by atoms with Crippen LogP contribution in [0.3, 0.4) is 0 Å². The summed E-state index contributed by atoms with van der Waals surface area (Å²) in [6.45, 7) is 1.59. The third-order valence-corrected chi connectivity index (χ3v) is 2.22. The van der Waals surface area contributed by atoms with Gasteiger partial charge in [0.2, 0.25) is 0 Å². The quantitative estimate of drug-likeness (QED) is 0.596. The van der Waals surface area contributed by atoms with Crippen molar-refractivity contribution in [3.05, 3.63) is 0 Å². The van der Waals surface area contributed by atoms with Gasteiger partial charge in [0.1, 0.15) is 5.67 Å². The monoisotopic (exact) mass is 155 g/mol. The summed E-state index contributed by atoms with van der Waals surface area (Å²) in [6, 6.07) is 0. The van der Waals surface area contributed by atoms with Crippen molar-refractivity contribution in [1.29, 1.82) is 0 Å². The molecule has 0 aliphatic carbocycles. The van der Waals surface area contributed by atoms with Crippen molar-refractivity contribution in [2.24, 2.45) is 0 Å². The van der Waals surface area contributed by atoms with E-state index in [0.29, 0.717) is 25.7 Å². The Bertz CT molecular complexity index is 153. The summed E-state index contributed by atoms with van der Waals surface area (Å²) in [5.74, 6) is 2.48. The van der Waals surface area contributed by atoms with Crippen molar-refractivity contribution >= 4 is 0 Å². The number of alkyl halides is 1. The van der Waals surface area contributed by atoms with Crippen LogP contribution in [0.2, 0.25) is 0 Å². The Kier molecular flexibility index (Phi) is 2.90. The number of piperidine rings is 1. The van der Waals surface area contributed by atoms with Crippen LogP contribution in [0.25, 0.3) is 0 Å². The summed E-state index contributed by atoms with van der Waals surface area (Å²) in [5.41, 5.74) is -0.975. The summed E-state index contributed by atoms with van der Waals surface area (Å²) in [7, 11) is 0. The predicted molar refractivity (Wildman–Crippen MR) is 44.0 cm³/mol. The van der Waals surface area contributed by atoms with Crippen LogP contribution in [0.15, 0.2) is 0 Å². The van der Waals surface area contributed by atoms with Gasteiger partial charge in [-0.1, -0.05) is 0 Å². The Morgan fingerprint density at radius 3 is 2.64 bits per heavy atom. The van der Waals surface area contributed by atoms with Gasteiger partial charge in [0.15, 0.2) is 0 Å². The molecule has 1 saturated heterocycles. The number of nitrogens with one attached hydrogen (secondary N) is 1. The van der Waals surface area contributed by atoms with Gasteiger partial charge < -0.3 is 5.32 Å². The van der Waals surface area contributed by atoms with E-state index >= 15 is 0 Å². The first kappa shape index (κ1) is 8.55. The molecule has 0 atom stereocenters. The number of rotatable bonds is 2. The largest absolute Gasteiger partial charge is 0.316 e. The molecule has 0 amide bonds. The summed E-state index contributed by atoms with van der Waals surface area (Å²) < 4.78 is 13.6. The van der Waals surface area contributed by atoms with Gasteiger partial charge in [-0.25, -0.2) is 4.39 Å². The zero-order valence-electron chi connectivity index (χ0n) is 6.70. The van der Waals surface area contributed by atoms with Gasteiger partial charge in [0, 0.05) is 6.42 Å². The highest BCUT2D eigenvalue weighted by Gasteiger charge is 2.30. The van der Waals surface area contributed by atoms with Crippen LogP contribution in [0, 0.1) is 12.3 Å². The molecule has 62 valence electrons. The molecule has 0 aromatic carbocycles. The lowest BCUT2D eigenvalue weighted by atomic mass is 9.90. The molecule has 11 heavy (non-hydrogen) atoms. The maximum Gasteiger partial charge on any atom is 0.114 e. The van der Waals surface area contributed by atoms with Crippen molar-refractivity contribution in [3.63, 3.8) is 0 Å². The average Bonchev–Trinajstić information content (AvgIpc) is 2.03. The second-order valence-electron chi connectivity index (χ2n) is 3.11. The van der Waals surface area contributed by atoms with Gasteiger partial charge in [-0.15, -0.1) is 12.3 Å². The van der Waals surface area contributed by atoms with Crippen molar-refractivity contribution in [2.45, 2.75) is 31.4 Å². The Hall–Kier alpha value is -0.550. The Labute approximate surface area is 67.4 Å². The smallest absolute Gasteiger partial charge is 0.114 e. The van der Waals surface area contributed by atoms with Gasteiger partial charge >= 0.3 is 0 Å². The highest BCUT2D eigenvalue weighted by atomic mass is 19.1. The van der Waals surface area contributed by atoms with Crippen LogP contribution in [-0.4, -0.2) is 18.8 Å². The fraction of sp³-hybridized carbons (Fsp3) is 0.778. The van der Waals surface area contributed by atoms with E-state index in [-0.39, 0.29) is 0 Å². The van der Waals surface area contributed by atoms with Gasteiger partial charge in [0.25, 0.3) is 0 Å². The van der Waals surface area contributed by atoms with Gasteiger partial charge in [-0.05, 0) is 32.4 Å². The number of terminal acetylenes is 1. The van der Waals surface area contributed by atoms with Crippen molar-refractivity contribution in [1.82, 2.24) is 5.32 Å². The third kappa shape index (κ3) is 2.51. The molecule has 0 aromatic rings. The van der Waals surface area contributed by atoms with Crippen LogP contribution < -0.4 is 5.32 Å². The van der Waals surface area contributed by atoms with Crippen LogP contribution >= 0.6 is 0 Å². The highest BCUT2D eigenvalue weighted by Crippen LogP contribution is 2.27. The van der Waals surface area contributed by atoms with E-state index in [1.165, 1.54) is 0 Å². The molecule has 2 heteroatoms. The van der Waals surface area contributed by atoms with Gasteiger partial charge in [0.05, 0.1) is 0 Å². The van der Waals surface area contributed by atoms with E-state index < -0.39 is 5.67 Å². The molecule has 1 fully saturated rings. The van der Waals surface area contributed by atoms with E-state index in [4.69, 9.17) is 6.42 Å². The van der Waals surface area contributed by atoms with E-state index in [1.54, 1.807) is 0 Å². The first-order valence-corrected chi connectivity index (χ1v) is 4.10. The topological polar surface area (TPSA) is 12.0 Å². The standard InChI is InChI=1S/C9H14FN/c1-2-3-4-9(10)5-7-11-8-6-9/h1,11H,3-8H2. The van der Waals surface area contributed by atoms with E-state index in [2.05, 4.69) is 11.2 Å². The summed E-state index contributed by atoms with van der Waals surface area (Å²) in [5, 5.41) is 3.12. The lowest BCUT2D eigenvalue weighted by Gasteiger charge is -2.29. The van der Waals surface area contributed by atoms with Gasteiger partial charge in [-0.2, -0.15) is 0 Å². The molecule has 0 bridgehead atoms. The average molecular weight is 155 g/mol. The van der Waals surface area contributed by atoms with Crippen LogP contribution in [0.1, 0.15) is 25.7 Å². The first-order valence-electron chi connectivity index (χ1n) is 4.10. The summed E-state index contributed by atoms with van der Waals surface area (Å²) in [4.78, 5) is 0. The molecular weight excluding hydrogens is 141 g/mol. The zero-order valence-corrected chi connectivity index (χ0v) is 6.70. The molecule has 0 saturated carbocycles. The van der Waals surface area contributed by atoms with E-state index in [9.17, 15) is 4.39 Å². The maximum absolute atomic E-state index is 13.6. The second-order valence-corrected chi connectivity index (χ2v) is 3.11. The minimum atomic E-state index is -0.975. The van der Waals surface area contributed by atoms with Crippen molar-refractivity contribution in [2.75, 3.05) is 13.1 Å². The molecule has 1 N–H and O–H groups in total. The SMILES string of the molecule is C#CCCC1(F)CCNCC1.